The molecular formula is C16H17N3O4. The molecule has 120 valence electrons. The third kappa shape index (κ3) is 2.77. The average molecular weight is 315 g/mol. The second kappa shape index (κ2) is 5.75. The van der Waals surface area contributed by atoms with Crippen LogP contribution < -0.4 is 4.90 Å². The first-order valence-corrected chi connectivity index (χ1v) is 7.36. The molecule has 1 aliphatic heterocycles. The molecule has 2 amide bonds. The summed E-state index contributed by atoms with van der Waals surface area (Å²) in [6, 6.07) is 8.76. The summed E-state index contributed by atoms with van der Waals surface area (Å²) in [5.41, 5.74) is 1.38. The van der Waals surface area contributed by atoms with E-state index >= 15 is 0 Å². The van der Waals surface area contributed by atoms with Crippen molar-refractivity contribution in [1.82, 2.24) is 10.1 Å². The zero-order valence-electron chi connectivity index (χ0n) is 12.9. The highest BCUT2D eigenvalue weighted by Crippen LogP contribution is 2.26. The maximum absolute atomic E-state index is 12.3. The number of carbonyl (C=O) groups is 2. The number of anilines is 1. The van der Waals surface area contributed by atoms with Crippen molar-refractivity contribution in [3.8, 4) is 11.3 Å². The van der Waals surface area contributed by atoms with Crippen LogP contribution in [0.15, 0.2) is 34.9 Å². The van der Waals surface area contributed by atoms with Crippen molar-refractivity contribution in [2.45, 2.75) is 19.9 Å². The number of aromatic carboxylic acids is 1. The lowest BCUT2D eigenvalue weighted by Crippen LogP contribution is -2.36. The Bertz CT molecular complexity index is 736. The number of hydrogen-bond donors (Lipinski definition) is 1. The molecule has 1 fully saturated rings. The maximum Gasteiger partial charge on any atom is 0.358 e. The highest BCUT2D eigenvalue weighted by Gasteiger charge is 2.31. The van der Waals surface area contributed by atoms with Gasteiger partial charge in [-0.25, -0.2) is 9.59 Å². The van der Waals surface area contributed by atoms with Gasteiger partial charge in [0.05, 0.1) is 0 Å². The fourth-order valence-corrected chi connectivity index (χ4v) is 2.59. The van der Waals surface area contributed by atoms with Crippen molar-refractivity contribution >= 4 is 17.7 Å². The quantitative estimate of drug-likeness (QED) is 0.937. The number of carbonyl (C=O) groups excluding carboxylic acids is 1. The zero-order valence-corrected chi connectivity index (χ0v) is 12.9. The molecule has 1 saturated heterocycles. The minimum Gasteiger partial charge on any atom is -0.476 e. The van der Waals surface area contributed by atoms with Gasteiger partial charge in [0.1, 0.15) is 0 Å². The highest BCUT2D eigenvalue weighted by atomic mass is 16.5. The SMILES string of the molecule is CC(C)N1CCN(c2ccc(-c3cc(C(=O)O)no3)cc2)C1=O. The summed E-state index contributed by atoms with van der Waals surface area (Å²) >= 11 is 0. The Morgan fingerprint density at radius 2 is 1.96 bits per heavy atom. The van der Waals surface area contributed by atoms with Crippen LogP contribution in [0.1, 0.15) is 24.3 Å². The second-order valence-electron chi connectivity index (χ2n) is 5.65. The van der Waals surface area contributed by atoms with E-state index in [1.807, 2.05) is 30.9 Å². The Kier molecular flexibility index (Phi) is 3.77. The molecule has 0 spiro atoms. The molecule has 2 aromatic rings. The number of urea groups is 1. The summed E-state index contributed by atoms with van der Waals surface area (Å²) in [5, 5.41) is 12.3. The number of carboxylic acid groups (broad SMARTS) is 1. The van der Waals surface area contributed by atoms with Gasteiger partial charge in [-0.1, -0.05) is 5.16 Å². The predicted octanol–water partition coefficient (Wildman–Crippen LogP) is 2.69. The van der Waals surface area contributed by atoms with Crippen LogP contribution in [0.25, 0.3) is 11.3 Å². The second-order valence-corrected chi connectivity index (χ2v) is 5.65. The van der Waals surface area contributed by atoms with Crippen LogP contribution >= 0.6 is 0 Å². The molecule has 7 nitrogen and oxygen atoms in total. The van der Waals surface area contributed by atoms with Gasteiger partial charge in [-0.3, -0.25) is 4.90 Å². The first kappa shape index (κ1) is 15.1. The third-order valence-corrected chi connectivity index (χ3v) is 3.86. The molecule has 2 heterocycles. The Balaban J connectivity index is 1.79. The molecule has 0 unspecified atom stereocenters. The van der Waals surface area contributed by atoms with Crippen LogP contribution in [0.5, 0.6) is 0 Å². The van der Waals surface area contributed by atoms with Crippen LogP contribution in [0.2, 0.25) is 0 Å². The molecule has 0 aliphatic carbocycles. The highest BCUT2D eigenvalue weighted by molar-refractivity contribution is 5.94. The average Bonchev–Trinajstić information content (AvgIpc) is 3.14. The third-order valence-electron chi connectivity index (χ3n) is 3.86. The van der Waals surface area contributed by atoms with Gasteiger partial charge in [-0.2, -0.15) is 0 Å². The topological polar surface area (TPSA) is 86.9 Å². The van der Waals surface area contributed by atoms with Crippen molar-refractivity contribution in [2.75, 3.05) is 18.0 Å². The van der Waals surface area contributed by atoms with Gasteiger partial charge in [0.25, 0.3) is 0 Å². The number of benzene rings is 1. The normalized spacial score (nSPS) is 14.8. The molecule has 1 N–H and O–H groups in total. The summed E-state index contributed by atoms with van der Waals surface area (Å²) in [7, 11) is 0. The van der Waals surface area contributed by atoms with Gasteiger partial charge >= 0.3 is 12.0 Å². The van der Waals surface area contributed by atoms with Crippen LogP contribution in [0, 0.1) is 0 Å². The lowest BCUT2D eigenvalue weighted by Gasteiger charge is -2.21. The summed E-state index contributed by atoms with van der Waals surface area (Å²) in [4.78, 5) is 26.7. The van der Waals surface area contributed by atoms with E-state index in [-0.39, 0.29) is 17.8 Å². The minimum atomic E-state index is -1.13. The lowest BCUT2D eigenvalue weighted by atomic mass is 10.1. The molecular weight excluding hydrogens is 298 g/mol. The first-order chi connectivity index (χ1) is 11.0. The van der Waals surface area contributed by atoms with E-state index in [2.05, 4.69) is 5.16 Å². The molecule has 3 rings (SSSR count). The predicted molar refractivity (Wildman–Crippen MR) is 83.5 cm³/mol. The Labute approximate surface area is 133 Å². The summed E-state index contributed by atoms with van der Waals surface area (Å²) in [5.74, 6) is -0.751. The van der Waals surface area contributed by atoms with E-state index in [1.165, 1.54) is 6.07 Å². The van der Waals surface area contributed by atoms with Crippen LogP contribution in [-0.2, 0) is 0 Å². The van der Waals surface area contributed by atoms with E-state index in [4.69, 9.17) is 9.63 Å². The van der Waals surface area contributed by atoms with Gasteiger partial charge in [0, 0.05) is 36.4 Å². The molecule has 1 aromatic carbocycles. The van der Waals surface area contributed by atoms with Crippen LogP contribution in [-0.4, -0.2) is 46.3 Å². The fourth-order valence-electron chi connectivity index (χ4n) is 2.59. The van der Waals surface area contributed by atoms with Crippen molar-refractivity contribution in [2.24, 2.45) is 0 Å². The van der Waals surface area contributed by atoms with Crippen molar-refractivity contribution < 1.29 is 19.2 Å². The monoisotopic (exact) mass is 315 g/mol. The number of rotatable bonds is 4. The first-order valence-electron chi connectivity index (χ1n) is 7.36. The number of aromatic nitrogens is 1. The summed E-state index contributed by atoms with van der Waals surface area (Å²) < 4.78 is 5.03. The minimum absolute atomic E-state index is 0.000536. The smallest absolute Gasteiger partial charge is 0.358 e. The maximum atomic E-state index is 12.3. The molecule has 0 atom stereocenters. The molecule has 1 aliphatic rings. The Hall–Kier alpha value is -2.83. The molecule has 0 radical (unpaired) electrons. The Morgan fingerprint density at radius 3 is 2.48 bits per heavy atom. The van der Waals surface area contributed by atoms with E-state index in [0.717, 1.165) is 5.69 Å². The molecule has 0 bridgehead atoms. The van der Waals surface area contributed by atoms with Crippen molar-refractivity contribution in [1.29, 1.82) is 0 Å². The largest absolute Gasteiger partial charge is 0.476 e. The van der Waals surface area contributed by atoms with Crippen molar-refractivity contribution in [3.05, 3.63) is 36.0 Å². The van der Waals surface area contributed by atoms with Crippen LogP contribution in [0.4, 0.5) is 10.5 Å². The van der Waals surface area contributed by atoms with E-state index in [9.17, 15) is 9.59 Å². The molecule has 23 heavy (non-hydrogen) atoms. The zero-order chi connectivity index (χ0) is 16.6. The Morgan fingerprint density at radius 1 is 1.26 bits per heavy atom. The number of amides is 2. The summed E-state index contributed by atoms with van der Waals surface area (Å²) in [6.07, 6.45) is 0. The van der Waals surface area contributed by atoms with E-state index in [0.29, 0.717) is 24.4 Å². The molecule has 7 heteroatoms. The van der Waals surface area contributed by atoms with Gasteiger partial charge in [0.15, 0.2) is 11.5 Å². The van der Waals surface area contributed by atoms with Gasteiger partial charge in [-0.05, 0) is 38.1 Å². The van der Waals surface area contributed by atoms with Gasteiger partial charge < -0.3 is 14.5 Å². The number of nitrogens with zero attached hydrogens (tertiary/aromatic N) is 3. The summed E-state index contributed by atoms with van der Waals surface area (Å²) in [6.45, 7) is 5.35. The molecule has 0 saturated carbocycles. The lowest BCUT2D eigenvalue weighted by molar-refractivity contribution is 0.0685. The molecule has 1 aromatic heterocycles. The van der Waals surface area contributed by atoms with Gasteiger partial charge in [-0.15, -0.1) is 0 Å². The van der Waals surface area contributed by atoms with Crippen molar-refractivity contribution in [3.63, 3.8) is 0 Å². The van der Waals surface area contributed by atoms with E-state index < -0.39 is 5.97 Å². The van der Waals surface area contributed by atoms with Gasteiger partial charge in [0.2, 0.25) is 0 Å². The van der Waals surface area contributed by atoms with Crippen LogP contribution in [0.3, 0.4) is 0 Å². The van der Waals surface area contributed by atoms with E-state index in [1.54, 1.807) is 17.0 Å². The number of carboxylic acids is 1. The number of hydrogen-bond acceptors (Lipinski definition) is 4. The fraction of sp³-hybridized carbons (Fsp3) is 0.312. The standard InChI is InChI=1S/C16H17N3O4/c1-10(2)18-7-8-19(16(18)22)12-5-3-11(4-6-12)14-9-13(15(20)21)17-23-14/h3-6,9-10H,7-8H2,1-2H3,(H,20,21).